The second kappa shape index (κ2) is 7.06. The third-order valence-electron chi connectivity index (χ3n) is 4.40. The highest BCUT2D eigenvalue weighted by molar-refractivity contribution is 6.05. The Morgan fingerprint density at radius 1 is 1.24 bits per heavy atom. The summed E-state index contributed by atoms with van der Waals surface area (Å²) in [6, 6.07) is 5.42. The van der Waals surface area contributed by atoms with Gasteiger partial charge < -0.3 is 20.2 Å². The molecule has 0 saturated heterocycles. The summed E-state index contributed by atoms with van der Waals surface area (Å²) in [5.74, 6) is -1.46. The molecule has 0 aliphatic heterocycles. The predicted molar refractivity (Wildman–Crippen MR) is 89.8 cm³/mol. The molecule has 1 aromatic carbocycles. The third-order valence-corrected chi connectivity index (χ3v) is 4.40. The molecule has 2 atom stereocenters. The molecule has 3 rings (SSSR count). The van der Waals surface area contributed by atoms with Crippen LogP contribution in [0.4, 0.5) is 15.8 Å². The number of benzene rings is 1. The zero-order valence-corrected chi connectivity index (χ0v) is 13.7. The lowest BCUT2D eigenvalue weighted by atomic mass is 10.1. The molecule has 2 aromatic rings. The zero-order chi connectivity index (χ0) is 18.0. The summed E-state index contributed by atoms with van der Waals surface area (Å²) in [6.07, 6.45) is 2.76. The van der Waals surface area contributed by atoms with E-state index in [-0.39, 0.29) is 11.6 Å². The van der Waals surface area contributed by atoms with Crippen molar-refractivity contribution in [1.82, 2.24) is 0 Å². The molecule has 132 valence electrons. The number of hydrogen-bond acceptors (Lipinski definition) is 4. The number of carbonyl (C=O) groups excluding carboxylic acids is 2. The molecule has 1 aromatic heterocycles. The second-order valence-electron chi connectivity index (χ2n) is 6.13. The molecule has 1 heterocycles. The van der Waals surface area contributed by atoms with Crippen LogP contribution in [0, 0.1) is 18.7 Å². The standard InChI is InChI=1S/C18H19FN2O4/c1-10-12(7-8-25-10)17(23)21-15-9-11(5-6-14(15)19)20-18(24)13-3-2-4-16(13)22/h5-9,13,16,22H,2-4H2,1H3,(H,20,24)(H,21,23). The van der Waals surface area contributed by atoms with Crippen LogP contribution in [-0.2, 0) is 4.79 Å². The van der Waals surface area contributed by atoms with Gasteiger partial charge in [-0.1, -0.05) is 0 Å². The van der Waals surface area contributed by atoms with E-state index in [1.54, 1.807) is 6.92 Å². The van der Waals surface area contributed by atoms with Gasteiger partial charge in [0.25, 0.3) is 5.91 Å². The summed E-state index contributed by atoms with van der Waals surface area (Å²) in [6.45, 7) is 1.63. The number of aryl methyl sites for hydroxylation is 1. The molecule has 1 saturated carbocycles. The molecule has 3 N–H and O–H groups in total. The van der Waals surface area contributed by atoms with E-state index in [2.05, 4.69) is 10.6 Å². The minimum Gasteiger partial charge on any atom is -0.469 e. The maximum absolute atomic E-state index is 14.0. The van der Waals surface area contributed by atoms with Crippen molar-refractivity contribution in [3.05, 3.63) is 47.7 Å². The Balaban J connectivity index is 1.73. The number of nitrogens with one attached hydrogen (secondary N) is 2. The third kappa shape index (κ3) is 3.71. The molecular formula is C18H19FN2O4. The van der Waals surface area contributed by atoms with Gasteiger partial charge in [0.2, 0.25) is 5.91 Å². The number of anilines is 2. The summed E-state index contributed by atoms with van der Waals surface area (Å²) in [7, 11) is 0. The lowest BCUT2D eigenvalue weighted by molar-refractivity contribution is -0.122. The molecule has 25 heavy (non-hydrogen) atoms. The molecular weight excluding hydrogens is 327 g/mol. The van der Waals surface area contributed by atoms with Crippen molar-refractivity contribution in [2.45, 2.75) is 32.3 Å². The van der Waals surface area contributed by atoms with Crippen molar-refractivity contribution >= 4 is 23.2 Å². The molecule has 7 heteroatoms. The van der Waals surface area contributed by atoms with Gasteiger partial charge in [0.15, 0.2) is 0 Å². The summed E-state index contributed by atoms with van der Waals surface area (Å²) in [4.78, 5) is 24.4. The number of furan rings is 1. The van der Waals surface area contributed by atoms with E-state index in [9.17, 15) is 19.1 Å². The smallest absolute Gasteiger partial charge is 0.259 e. The first-order valence-corrected chi connectivity index (χ1v) is 8.09. The molecule has 2 unspecified atom stereocenters. The van der Waals surface area contributed by atoms with Crippen LogP contribution in [0.5, 0.6) is 0 Å². The van der Waals surface area contributed by atoms with E-state index >= 15 is 0 Å². The molecule has 6 nitrogen and oxygen atoms in total. The van der Waals surface area contributed by atoms with Crippen LogP contribution in [0.2, 0.25) is 0 Å². The van der Waals surface area contributed by atoms with E-state index in [1.807, 2.05) is 0 Å². The van der Waals surface area contributed by atoms with Crippen LogP contribution in [0.15, 0.2) is 34.9 Å². The normalized spacial score (nSPS) is 19.6. The van der Waals surface area contributed by atoms with E-state index in [1.165, 1.54) is 30.5 Å². The highest BCUT2D eigenvalue weighted by Gasteiger charge is 2.31. The maximum atomic E-state index is 14.0. The zero-order valence-electron chi connectivity index (χ0n) is 13.7. The predicted octanol–water partition coefficient (Wildman–Crippen LogP) is 3.08. The Bertz CT molecular complexity index is 802. The largest absolute Gasteiger partial charge is 0.469 e. The highest BCUT2D eigenvalue weighted by Crippen LogP contribution is 2.28. The number of rotatable bonds is 4. The molecule has 0 radical (unpaired) electrons. The van der Waals surface area contributed by atoms with Gasteiger partial charge >= 0.3 is 0 Å². The number of carbonyl (C=O) groups is 2. The van der Waals surface area contributed by atoms with Crippen LogP contribution in [-0.4, -0.2) is 23.0 Å². The van der Waals surface area contributed by atoms with Crippen molar-refractivity contribution in [2.24, 2.45) is 5.92 Å². The van der Waals surface area contributed by atoms with Crippen molar-refractivity contribution in [3.63, 3.8) is 0 Å². The van der Waals surface area contributed by atoms with Crippen molar-refractivity contribution in [1.29, 1.82) is 0 Å². The summed E-state index contributed by atoms with van der Waals surface area (Å²) >= 11 is 0. The van der Waals surface area contributed by atoms with E-state index < -0.39 is 23.7 Å². The number of aliphatic hydroxyl groups is 1. The van der Waals surface area contributed by atoms with Gasteiger partial charge in [-0.15, -0.1) is 0 Å². The van der Waals surface area contributed by atoms with Crippen LogP contribution in [0.25, 0.3) is 0 Å². The lowest BCUT2D eigenvalue weighted by Gasteiger charge is -2.15. The molecule has 1 fully saturated rings. The SMILES string of the molecule is Cc1occc1C(=O)Nc1cc(NC(=O)C2CCCC2O)ccc1F. The number of halogens is 1. The summed E-state index contributed by atoms with van der Waals surface area (Å²) < 4.78 is 19.0. The fourth-order valence-electron chi connectivity index (χ4n) is 2.99. The van der Waals surface area contributed by atoms with Gasteiger partial charge in [-0.3, -0.25) is 9.59 Å². The quantitative estimate of drug-likeness (QED) is 0.793. The number of amides is 2. The Hall–Kier alpha value is -2.67. The van der Waals surface area contributed by atoms with Gasteiger partial charge in [0, 0.05) is 5.69 Å². The molecule has 1 aliphatic carbocycles. The van der Waals surface area contributed by atoms with Crippen molar-refractivity contribution in [2.75, 3.05) is 10.6 Å². The molecule has 0 bridgehead atoms. The molecule has 2 amide bonds. The van der Waals surface area contributed by atoms with Gasteiger partial charge in [0.05, 0.1) is 29.5 Å². The van der Waals surface area contributed by atoms with Gasteiger partial charge in [-0.05, 0) is 50.5 Å². The Kier molecular flexibility index (Phi) is 4.85. The fraction of sp³-hybridized carbons (Fsp3) is 0.333. The topological polar surface area (TPSA) is 91.6 Å². The van der Waals surface area contributed by atoms with E-state index in [4.69, 9.17) is 4.42 Å². The average molecular weight is 346 g/mol. The summed E-state index contributed by atoms with van der Waals surface area (Å²) in [5.41, 5.74) is 0.614. The van der Waals surface area contributed by atoms with Gasteiger partial charge in [-0.2, -0.15) is 0 Å². The minimum atomic E-state index is -0.649. The van der Waals surface area contributed by atoms with Crippen LogP contribution in [0.3, 0.4) is 0 Å². The summed E-state index contributed by atoms with van der Waals surface area (Å²) in [5, 5.41) is 14.9. The minimum absolute atomic E-state index is 0.0460. The van der Waals surface area contributed by atoms with Crippen molar-refractivity contribution < 1.29 is 23.5 Å². The Morgan fingerprint density at radius 3 is 2.68 bits per heavy atom. The van der Waals surface area contributed by atoms with E-state index in [0.717, 1.165) is 6.42 Å². The Morgan fingerprint density at radius 2 is 2.04 bits per heavy atom. The Labute approximate surface area is 144 Å². The first-order chi connectivity index (χ1) is 12.0. The van der Waals surface area contributed by atoms with Gasteiger partial charge in [0.1, 0.15) is 11.6 Å². The van der Waals surface area contributed by atoms with Gasteiger partial charge in [-0.25, -0.2) is 4.39 Å². The first kappa shape index (κ1) is 17.2. The average Bonchev–Trinajstić information content (AvgIpc) is 3.18. The molecule has 0 spiro atoms. The van der Waals surface area contributed by atoms with Crippen LogP contribution in [0.1, 0.15) is 35.4 Å². The highest BCUT2D eigenvalue weighted by atomic mass is 19.1. The van der Waals surface area contributed by atoms with E-state index in [0.29, 0.717) is 29.9 Å². The first-order valence-electron chi connectivity index (χ1n) is 8.09. The molecule has 1 aliphatic rings. The number of hydrogen-bond donors (Lipinski definition) is 3. The number of aliphatic hydroxyl groups excluding tert-OH is 1. The second-order valence-corrected chi connectivity index (χ2v) is 6.13. The van der Waals surface area contributed by atoms with Crippen LogP contribution >= 0.6 is 0 Å². The monoisotopic (exact) mass is 346 g/mol. The maximum Gasteiger partial charge on any atom is 0.259 e. The lowest BCUT2D eigenvalue weighted by Crippen LogP contribution is -2.28. The van der Waals surface area contributed by atoms with Crippen LogP contribution < -0.4 is 10.6 Å². The fourth-order valence-corrected chi connectivity index (χ4v) is 2.99. The van der Waals surface area contributed by atoms with Crippen molar-refractivity contribution in [3.8, 4) is 0 Å².